The standard InChI is InChI=1S/C15H21BrN2O3/c1-15(2,3)21-14(20)18-8-6-17(7-9-18)13-5-4-11(19)10-12(13)16/h4-5,10,19H,6-9H2,1-3H3. The van der Waals surface area contributed by atoms with E-state index in [1.54, 1.807) is 17.0 Å². The molecule has 116 valence electrons. The molecule has 1 heterocycles. The zero-order chi connectivity index (χ0) is 15.6. The van der Waals surface area contributed by atoms with Crippen LogP contribution in [-0.2, 0) is 4.74 Å². The number of carbonyl (C=O) groups is 1. The summed E-state index contributed by atoms with van der Waals surface area (Å²) in [4.78, 5) is 15.9. The largest absolute Gasteiger partial charge is 0.508 e. The van der Waals surface area contributed by atoms with Crippen LogP contribution >= 0.6 is 15.9 Å². The fourth-order valence-corrected chi connectivity index (χ4v) is 2.83. The van der Waals surface area contributed by atoms with Crippen molar-refractivity contribution in [2.24, 2.45) is 0 Å². The fourth-order valence-electron chi connectivity index (χ4n) is 2.21. The lowest BCUT2D eigenvalue weighted by Crippen LogP contribution is -2.50. The maximum atomic E-state index is 12.0. The number of hydrogen-bond donors (Lipinski definition) is 1. The third-order valence-electron chi connectivity index (χ3n) is 3.20. The van der Waals surface area contributed by atoms with E-state index in [0.29, 0.717) is 13.1 Å². The number of anilines is 1. The van der Waals surface area contributed by atoms with Crippen molar-refractivity contribution in [1.82, 2.24) is 4.90 Å². The SMILES string of the molecule is CC(C)(C)OC(=O)N1CCN(c2ccc(O)cc2Br)CC1. The summed E-state index contributed by atoms with van der Waals surface area (Å²) in [7, 11) is 0. The van der Waals surface area contributed by atoms with Gasteiger partial charge in [-0.3, -0.25) is 0 Å². The quantitative estimate of drug-likeness (QED) is 0.839. The van der Waals surface area contributed by atoms with Crippen LogP contribution in [-0.4, -0.2) is 47.9 Å². The summed E-state index contributed by atoms with van der Waals surface area (Å²) in [5, 5.41) is 9.44. The molecule has 1 saturated heterocycles. The zero-order valence-corrected chi connectivity index (χ0v) is 14.2. The van der Waals surface area contributed by atoms with Gasteiger partial charge in [-0.25, -0.2) is 4.79 Å². The van der Waals surface area contributed by atoms with Gasteiger partial charge in [0.1, 0.15) is 11.4 Å². The first-order valence-corrected chi connectivity index (χ1v) is 7.77. The molecular weight excluding hydrogens is 336 g/mol. The molecule has 21 heavy (non-hydrogen) atoms. The number of phenols is 1. The molecule has 0 bridgehead atoms. The van der Waals surface area contributed by atoms with Gasteiger partial charge in [0.2, 0.25) is 0 Å². The predicted octanol–water partition coefficient (Wildman–Crippen LogP) is 3.21. The van der Waals surface area contributed by atoms with E-state index >= 15 is 0 Å². The second-order valence-corrected chi connectivity index (χ2v) is 6.94. The molecule has 1 amide bonds. The normalized spacial score (nSPS) is 16.0. The Kier molecular flexibility index (Phi) is 4.66. The van der Waals surface area contributed by atoms with Gasteiger partial charge < -0.3 is 19.6 Å². The molecule has 1 aromatic rings. The monoisotopic (exact) mass is 356 g/mol. The summed E-state index contributed by atoms with van der Waals surface area (Å²) in [6.07, 6.45) is -0.257. The minimum Gasteiger partial charge on any atom is -0.508 e. The van der Waals surface area contributed by atoms with E-state index in [-0.39, 0.29) is 11.8 Å². The smallest absolute Gasteiger partial charge is 0.410 e. The number of carbonyl (C=O) groups excluding carboxylic acids is 1. The summed E-state index contributed by atoms with van der Waals surface area (Å²) in [6.45, 7) is 8.34. The van der Waals surface area contributed by atoms with Crippen LogP contribution < -0.4 is 4.90 Å². The maximum Gasteiger partial charge on any atom is 0.410 e. The maximum absolute atomic E-state index is 12.0. The Morgan fingerprint density at radius 3 is 2.38 bits per heavy atom. The Morgan fingerprint density at radius 2 is 1.86 bits per heavy atom. The molecule has 0 radical (unpaired) electrons. The van der Waals surface area contributed by atoms with Gasteiger partial charge in [-0.1, -0.05) is 0 Å². The Bertz CT molecular complexity index is 520. The minimum atomic E-state index is -0.464. The summed E-state index contributed by atoms with van der Waals surface area (Å²) >= 11 is 3.46. The number of hydrogen-bond acceptors (Lipinski definition) is 4. The third-order valence-corrected chi connectivity index (χ3v) is 3.84. The molecule has 6 heteroatoms. The van der Waals surface area contributed by atoms with Crippen LogP contribution in [0.1, 0.15) is 20.8 Å². The lowest BCUT2D eigenvalue weighted by molar-refractivity contribution is 0.0240. The van der Waals surface area contributed by atoms with Crippen molar-refractivity contribution in [2.75, 3.05) is 31.1 Å². The van der Waals surface area contributed by atoms with E-state index in [2.05, 4.69) is 20.8 Å². The third kappa shape index (κ3) is 4.27. The van der Waals surface area contributed by atoms with E-state index in [4.69, 9.17) is 4.74 Å². The highest BCUT2D eigenvalue weighted by Crippen LogP contribution is 2.30. The van der Waals surface area contributed by atoms with Crippen LogP contribution in [0.2, 0.25) is 0 Å². The summed E-state index contributed by atoms with van der Waals surface area (Å²) in [5.41, 5.74) is 0.561. The summed E-state index contributed by atoms with van der Waals surface area (Å²) in [6, 6.07) is 5.22. The van der Waals surface area contributed by atoms with Gasteiger partial charge in [-0.15, -0.1) is 0 Å². The molecule has 1 N–H and O–H groups in total. The molecule has 0 atom stereocenters. The highest BCUT2D eigenvalue weighted by atomic mass is 79.9. The molecule has 5 nitrogen and oxygen atoms in total. The van der Waals surface area contributed by atoms with Gasteiger partial charge >= 0.3 is 6.09 Å². The number of halogens is 1. The van der Waals surface area contributed by atoms with Crippen molar-refractivity contribution < 1.29 is 14.6 Å². The van der Waals surface area contributed by atoms with Crippen LogP contribution in [0.25, 0.3) is 0 Å². The Balaban J connectivity index is 1.95. The van der Waals surface area contributed by atoms with Gasteiger partial charge in [0.15, 0.2) is 0 Å². The van der Waals surface area contributed by atoms with E-state index in [1.807, 2.05) is 26.8 Å². The van der Waals surface area contributed by atoms with E-state index in [0.717, 1.165) is 23.2 Å². The molecule has 2 rings (SSSR count). The average Bonchev–Trinajstić information content (AvgIpc) is 2.37. The van der Waals surface area contributed by atoms with E-state index in [1.165, 1.54) is 0 Å². The van der Waals surface area contributed by atoms with E-state index in [9.17, 15) is 9.90 Å². The number of nitrogens with zero attached hydrogens (tertiary/aromatic N) is 2. The molecule has 0 spiro atoms. The van der Waals surface area contributed by atoms with Gasteiger partial charge in [-0.05, 0) is 54.9 Å². The van der Waals surface area contributed by atoms with Crippen LogP contribution in [0.3, 0.4) is 0 Å². The first-order valence-electron chi connectivity index (χ1n) is 6.98. The van der Waals surface area contributed by atoms with Gasteiger partial charge in [0, 0.05) is 30.7 Å². The van der Waals surface area contributed by atoms with Crippen molar-refractivity contribution in [2.45, 2.75) is 26.4 Å². The first kappa shape index (κ1) is 15.9. The average molecular weight is 357 g/mol. The lowest BCUT2D eigenvalue weighted by atomic mass is 10.2. The fraction of sp³-hybridized carbons (Fsp3) is 0.533. The van der Waals surface area contributed by atoms with Crippen LogP contribution in [0, 0.1) is 0 Å². The number of piperazine rings is 1. The second kappa shape index (κ2) is 6.13. The topological polar surface area (TPSA) is 53.0 Å². The minimum absolute atomic E-state index is 0.234. The number of rotatable bonds is 1. The van der Waals surface area contributed by atoms with Gasteiger partial charge in [-0.2, -0.15) is 0 Å². The van der Waals surface area contributed by atoms with E-state index < -0.39 is 5.60 Å². The van der Waals surface area contributed by atoms with Crippen molar-refractivity contribution in [1.29, 1.82) is 0 Å². The number of ether oxygens (including phenoxy) is 1. The van der Waals surface area contributed by atoms with Crippen molar-refractivity contribution in [3.63, 3.8) is 0 Å². The van der Waals surface area contributed by atoms with Crippen LogP contribution in [0.5, 0.6) is 5.75 Å². The molecule has 0 saturated carbocycles. The number of aromatic hydroxyl groups is 1. The molecule has 1 aliphatic heterocycles. The Morgan fingerprint density at radius 1 is 1.24 bits per heavy atom. The summed E-state index contributed by atoms with van der Waals surface area (Å²) < 4.78 is 6.24. The molecule has 0 unspecified atom stereocenters. The molecule has 1 fully saturated rings. The van der Waals surface area contributed by atoms with Gasteiger partial charge in [0.05, 0.1) is 5.69 Å². The lowest BCUT2D eigenvalue weighted by Gasteiger charge is -2.37. The van der Waals surface area contributed by atoms with Crippen molar-refractivity contribution in [3.05, 3.63) is 22.7 Å². The number of benzene rings is 1. The van der Waals surface area contributed by atoms with Crippen LogP contribution in [0.4, 0.5) is 10.5 Å². The molecule has 1 aromatic carbocycles. The molecule has 1 aliphatic rings. The first-order chi connectivity index (χ1) is 9.76. The van der Waals surface area contributed by atoms with Gasteiger partial charge in [0.25, 0.3) is 0 Å². The molecule has 0 aliphatic carbocycles. The molecule has 0 aromatic heterocycles. The number of phenolic OH excluding ortho intramolecular Hbond substituents is 1. The highest BCUT2D eigenvalue weighted by molar-refractivity contribution is 9.10. The second-order valence-electron chi connectivity index (χ2n) is 6.09. The summed E-state index contributed by atoms with van der Waals surface area (Å²) in [5.74, 6) is 0.234. The zero-order valence-electron chi connectivity index (χ0n) is 12.6. The van der Waals surface area contributed by atoms with Crippen molar-refractivity contribution in [3.8, 4) is 5.75 Å². The van der Waals surface area contributed by atoms with Crippen molar-refractivity contribution >= 4 is 27.7 Å². The Labute approximate surface area is 133 Å². The highest BCUT2D eigenvalue weighted by Gasteiger charge is 2.26. The predicted molar refractivity (Wildman–Crippen MR) is 85.8 cm³/mol. The van der Waals surface area contributed by atoms with Crippen LogP contribution in [0.15, 0.2) is 22.7 Å². The number of amides is 1. The molecular formula is C15H21BrN2O3. The Hall–Kier alpha value is -1.43.